The maximum absolute atomic E-state index is 12.0. The highest BCUT2D eigenvalue weighted by molar-refractivity contribution is 9.11. The molecule has 1 N–H and O–H groups in total. The monoisotopic (exact) mass is 452 g/mol. The fourth-order valence-electron chi connectivity index (χ4n) is 1.83. The van der Waals surface area contributed by atoms with Crippen LogP contribution in [0.15, 0.2) is 50.4 Å². The highest BCUT2D eigenvalue weighted by Crippen LogP contribution is 2.34. The van der Waals surface area contributed by atoms with Gasteiger partial charge in [0.25, 0.3) is 5.91 Å². The van der Waals surface area contributed by atoms with Crippen molar-refractivity contribution in [2.75, 3.05) is 0 Å². The molecule has 0 saturated carbocycles. The summed E-state index contributed by atoms with van der Waals surface area (Å²) < 4.78 is 6.29. The van der Waals surface area contributed by atoms with Gasteiger partial charge >= 0.3 is 5.97 Å². The van der Waals surface area contributed by atoms with Gasteiger partial charge in [0.15, 0.2) is 5.75 Å². The number of rotatable bonds is 4. The standard InChI is InChI=1S/C17H14Br2N2O3/c1-10-3-5-13(6-4-10)17(23)21-20-9-12-7-14(18)16(15(19)8-12)24-11(2)22/h3-9H,1-2H3,(H,21,23)/b20-9+. The van der Waals surface area contributed by atoms with Gasteiger partial charge in [0, 0.05) is 12.5 Å². The molecule has 0 aliphatic heterocycles. The molecule has 0 atom stereocenters. The summed E-state index contributed by atoms with van der Waals surface area (Å²) in [5, 5.41) is 3.94. The molecule has 5 nitrogen and oxygen atoms in total. The second kappa shape index (κ2) is 8.21. The van der Waals surface area contributed by atoms with Crippen LogP contribution in [-0.2, 0) is 4.79 Å². The van der Waals surface area contributed by atoms with Gasteiger partial charge < -0.3 is 4.74 Å². The lowest BCUT2D eigenvalue weighted by Gasteiger charge is -2.07. The number of ether oxygens (including phenoxy) is 1. The number of hydrazone groups is 1. The maximum atomic E-state index is 12.0. The number of amides is 1. The molecule has 0 radical (unpaired) electrons. The van der Waals surface area contributed by atoms with E-state index in [9.17, 15) is 9.59 Å². The van der Waals surface area contributed by atoms with E-state index in [2.05, 4.69) is 42.4 Å². The molecular formula is C17H14Br2N2O3. The summed E-state index contributed by atoms with van der Waals surface area (Å²) in [7, 11) is 0. The smallest absolute Gasteiger partial charge is 0.308 e. The molecule has 2 aromatic rings. The Hall–Kier alpha value is -1.99. The zero-order valence-electron chi connectivity index (χ0n) is 13.0. The highest BCUT2D eigenvalue weighted by Gasteiger charge is 2.10. The van der Waals surface area contributed by atoms with Crippen LogP contribution in [0.25, 0.3) is 0 Å². The molecule has 2 aromatic carbocycles. The molecule has 0 saturated heterocycles. The lowest BCUT2D eigenvalue weighted by molar-refractivity contribution is -0.131. The van der Waals surface area contributed by atoms with Gasteiger partial charge in [-0.3, -0.25) is 9.59 Å². The molecule has 0 fully saturated rings. The molecule has 24 heavy (non-hydrogen) atoms. The number of hydrogen-bond donors (Lipinski definition) is 1. The van der Waals surface area contributed by atoms with E-state index in [1.807, 2.05) is 19.1 Å². The Bertz CT molecular complexity index is 779. The number of carbonyl (C=O) groups excluding carboxylic acids is 2. The number of nitrogens with one attached hydrogen (secondary N) is 1. The van der Waals surface area contributed by atoms with Crippen molar-refractivity contribution in [2.45, 2.75) is 13.8 Å². The molecular weight excluding hydrogens is 440 g/mol. The Balaban J connectivity index is 2.08. The van der Waals surface area contributed by atoms with Gasteiger partial charge in [0.05, 0.1) is 15.2 Å². The van der Waals surface area contributed by atoms with Gasteiger partial charge in [-0.15, -0.1) is 0 Å². The van der Waals surface area contributed by atoms with Gasteiger partial charge in [-0.25, -0.2) is 5.43 Å². The van der Waals surface area contributed by atoms with Crippen molar-refractivity contribution < 1.29 is 14.3 Å². The minimum Gasteiger partial charge on any atom is -0.424 e. The first-order chi connectivity index (χ1) is 11.4. The Morgan fingerprint density at radius 1 is 1.12 bits per heavy atom. The fourth-order valence-corrected chi connectivity index (χ4v) is 3.21. The summed E-state index contributed by atoms with van der Waals surface area (Å²) in [4.78, 5) is 23.0. The molecule has 7 heteroatoms. The molecule has 0 bridgehead atoms. The predicted octanol–water partition coefficient (Wildman–Crippen LogP) is 4.21. The molecule has 0 aliphatic carbocycles. The van der Waals surface area contributed by atoms with E-state index in [0.717, 1.165) is 5.56 Å². The van der Waals surface area contributed by atoms with E-state index in [4.69, 9.17) is 4.74 Å². The number of benzene rings is 2. The van der Waals surface area contributed by atoms with Crippen molar-refractivity contribution in [1.29, 1.82) is 0 Å². The fraction of sp³-hybridized carbons (Fsp3) is 0.118. The van der Waals surface area contributed by atoms with E-state index in [-0.39, 0.29) is 5.91 Å². The molecule has 0 unspecified atom stereocenters. The van der Waals surface area contributed by atoms with Crippen molar-refractivity contribution >= 4 is 50.0 Å². The van der Waals surface area contributed by atoms with Gasteiger partial charge in [0.2, 0.25) is 0 Å². The lowest BCUT2D eigenvalue weighted by atomic mass is 10.1. The van der Waals surface area contributed by atoms with E-state index in [1.165, 1.54) is 13.1 Å². The number of carbonyl (C=O) groups is 2. The van der Waals surface area contributed by atoms with Crippen LogP contribution in [-0.4, -0.2) is 18.1 Å². The first kappa shape index (κ1) is 18.4. The van der Waals surface area contributed by atoms with Crippen molar-refractivity contribution in [2.24, 2.45) is 5.10 Å². The topological polar surface area (TPSA) is 67.8 Å². The Labute approximate surface area is 156 Å². The average Bonchev–Trinajstić information content (AvgIpc) is 2.51. The van der Waals surface area contributed by atoms with Crippen molar-refractivity contribution in [3.63, 3.8) is 0 Å². The van der Waals surface area contributed by atoms with Gasteiger partial charge in [-0.2, -0.15) is 5.10 Å². The molecule has 2 rings (SSSR count). The third-order valence-corrected chi connectivity index (χ3v) is 4.14. The molecule has 0 spiro atoms. The SMILES string of the molecule is CC(=O)Oc1c(Br)cc(/C=N/NC(=O)c2ccc(C)cc2)cc1Br. The van der Waals surface area contributed by atoms with E-state index in [0.29, 0.717) is 25.8 Å². The summed E-state index contributed by atoms with van der Waals surface area (Å²) in [6, 6.07) is 10.7. The third-order valence-electron chi connectivity index (χ3n) is 2.96. The number of esters is 1. The van der Waals surface area contributed by atoms with Crippen molar-refractivity contribution in [3.05, 3.63) is 62.0 Å². The summed E-state index contributed by atoms with van der Waals surface area (Å²) in [6.07, 6.45) is 1.50. The van der Waals surface area contributed by atoms with Crippen LogP contribution in [0.4, 0.5) is 0 Å². The molecule has 1 amide bonds. The summed E-state index contributed by atoms with van der Waals surface area (Å²) in [5.74, 6) is -0.313. The maximum Gasteiger partial charge on any atom is 0.308 e. The van der Waals surface area contributed by atoms with Gasteiger partial charge in [-0.1, -0.05) is 17.7 Å². The average molecular weight is 454 g/mol. The van der Waals surface area contributed by atoms with Gasteiger partial charge in [-0.05, 0) is 68.6 Å². The van der Waals surface area contributed by atoms with E-state index >= 15 is 0 Å². The second-order valence-electron chi connectivity index (χ2n) is 4.97. The number of hydrogen-bond acceptors (Lipinski definition) is 4. The Morgan fingerprint density at radius 3 is 2.25 bits per heavy atom. The van der Waals surface area contributed by atoms with Crippen LogP contribution in [0.5, 0.6) is 5.75 Å². The number of aryl methyl sites for hydroxylation is 1. The van der Waals surface area contributed by atoms with E-state index in [1.54, 1.807) is 24.3 Å². The predicted molar refractivity (Wildman–Crippen MR) is 99.4 cm³/mol. The summed E-state index contributed by atoms with van der Waals surface area (Å²) in [6.45, 7) is 3.28. The second-order valence-corrected chi connectivity index (χ2v) is 6.68. The molecule has 0 heterocycles. The first-order valence-electron chi connectivity index (χ1n) is 6.94. The van der Waals surface area contributed by atoms with Crippen LogP contribution in [0.1, 0.15) is 28.4 Å². The number of halogens is 2. The normalized spacial score (nSPS) is 10.7. The van der Waals surface area contributed by atoms with Crippen molar-refractivity contribution in [3.8, 4) is 5.75 Å². The van der Waals surface area contributed by atoms with Crippen LogP contribution in [0.2, 0.25) is 0 Å². The molecule has 0 aromatic heterocycles. The minimum absolute atomic E-state index is 0.291. The summed E-state index contributed by atoms with van der Waals surface area (Å²) >= 11 is 6.67. The quantitative estimate of drug-likeness (QED) is 0.326. The zero-order chi connectivity index (χ0) is 17.7. The van der Waals surface area contributed by atoms with Crippen molar-refractivity contribution in [1.82, 2.24) is 5.43 Å². The minimum atomic E-state index is -0.414. The van der Waals surface area contributed by atoms with Gasteiger partial charge in [0.1, 0.15) is 0 Å². The summed E-state index contributed by atoms with van der Waals surface area (Å²) in [5.41, 5.74) is 4.80. The highest BCUT2D eigenvalue weighted by atomic mass is 79.9. The van der Waals surface area contributed by atoms with E-state index < -0.39 is 5.97 Å². The number of nitrogens with zero attached hydrogens (tertiary/aromatic N) is 1. The molecule has 124 valence electrons. The largest absolute Gasteiger partial charge is 0.424 e. The molecule has 0 aliphatic rings. The van der Waals surface area contributed by atoms with Crippen LogP contribution in [0.3, 0.4) is 0 Å². The van der Waals surface area contributed by atoms with Crippen LogP contribution >= 0.6 is 31.9 Å². The lowest BCUT2D eigenvalue weighted by Crippen LogP contribution is -2.17. The Morgan fingerprint density at radius 2 is 1.71 bits per heavy atom. The first-order valence-corrected chi connectivity index (χ1v) is 8.53. The Kier molecular flexibility index (Phi) is 6.28. The zero-order valence-corrected chi connectivity index (χ0v) is 16.1. The third kappa shape index (κ3) is 5.01. The van der Waals surface area contributed by atoms with Crippen LogP contribution < -0.4 is 10.2 Å². The van der Waals surface area contributed by atoms with Crippen LogP contribution in [0, 0.1) is 6.92 Å².